The summed E-state index contributed by atoms with van der Waals surface area (Å²) in [5.74, 6) is 0.527. The molecule has 2 atom stereocenters. The molecule has 7 nitrogen and oxygen atoms in total. The summed E-state index contributed by atoms with van der Waals surface area (Å²) >= 11 is 0. The van der Waals surface area contributed by atoms with Crippen molar-refractivity contribution in [2.24, 2.45) is 11.8 Å². The van der Waals surface area contributed by atoms with Crippen molar-refractivity contribution in [1.29, 1.82) is 0 Å². The Kier molecular flexibility index (Phi) is 5.72. The first-order chi connectivity index (χ1) is 12.3. The molecule has 26 heavy (non-hydrogen) atoms. The molecular weight excluding hydrogens is 352 g/mol. The number of nitrogens with one attached hydrogen (secondary N) is 2. The number of aryl methyl sites for hydroxylation is 2. The molecule has 0 bridgehead atoms. The van der Waals surface area contributed by atoms with E-state index in [9.17, 15) is 13.2 Å². The average molecular weight is 383 g/mol. The third kappa shape index (κ3) is 3.81. The number of sulfonamides is 1. The molecule has 0 spiro atoms. The molecule has 0 aromatic carbocycles. The monoisotopic (exact) mass is 382 g/mol. The van der Waals surface area contributed by atoms with Crippen LogP contribution in [0.3, 0.4) is 0 Å². The molecule has 0 radical (unpaired) electrons. The Morgan fingerprint density at radius 1 is 1.15 bits per heavy atom. The molecule has 3 rings (SSSR count). The first kappa shape index (κ1) is 19.4. The van der Waals surface area contributed by atoms with Crippen LogP contribution in [0.2, 0.25) is 0 Å². The fourth-order valence-electron chi connectivity index (χ4n) is 4.24. The van der Waals surface area contributed by atoms with Gasteiger partial charge in [0, 0.05) is 25.0 Å². The van der Waals surface area contributed by atoms with Gasteiger partial charge in [-0.3, -0.25) is 9.89 Å². The molecule has 1 amide bonds. The second-order valence-electron chi connectivity index (χ2n) is 7.82. The number of H-pyrrole nitrogens is 1. The van der Waals surface area contributed by atoms with E-state index in [1.165, 1.54) is 23.6 Å². The number of aromatic amines is 1. The molecule has 1 aromatic rings. The molecule has 1 aromatic heterocycles. The fraction of sp³-hybridized carbons (Fsp3) is 0.778. The van der Waals surface area contributed by atoms with Crippen molar-refractivity contribution in [3.63, 3.8) is 0 Å². The summed E-state index contributed by atoms with van der Waals surface area (Å²) in [5, 5.41) is 9.95. The lowest BCUT2D eigenvalue weighted by Crippen LogP contribution is -2.47. The second kappa shape index (κ2) is 7.68. The largest absolute Gasteiger partial charge is 0.353 e. The number of nitrogens with zero attached hydrogens (tertiary/aromatic N) is 2. The molecule has 1 saturated carbocycles. The van der Waals surface area contributed by atoms with Gasteiger partial charge in [0.2, 0.25) is 15.9 Å². The van der Waals surface area contributed by atoms with E-state index in [2.05, 4.69) is 22.4 Å². The quantitative estimate of drug-likeness (QED) is 0.834. The highest BCUT2D eigenvalue weighted by Gasteiger charge is 2.35. The van der Waals surface area contributed by atoms with Gasteiger partial charge in [-0.1, -0.05) is 19.8 Å². The van der Waals surface area contributed by atoms with Gasteiger partial charge in [0.1, 0.15) is 4.90 Å². The zero-order chi connectivity index (χ0) is 18.9. The number of carbonyl (C=O) groups is 1. The Morgan fingerprint density at radius 3 is 2.38 bits per heavy atom. The van der Waals surface area contributed by atoms with E-state index in [4.69, 9.17) is 0 Å². The van der Waals surface area contributed by atoms with Gasteiger partial charge in [-0.15, -0.1) is 0 Å². The van der Waals surface area contributed by atoms with E-state index < -0.39 is 10.0 Å². The van der Waals surface area contributed by atoms with Gasteiger partial charge in [-0.05, 0) is 45.4 Å². The van der Waals surface area contributed by atoms with Crippen LogP contribution >= 0.6 is 0 Å². The number of carbonyl (C=O) groups excluding carboxylic acids is 1. The van der Waals surface area contributed by atoms with Gasteiger partial charge in [0.05, 0.1) is 11.4 Å². The third-order valence-corrected chi connectivity index (χ3v) is 8.08. The maximum Gasteiger partial charge on any atom is 0.246 e. The Labute approximate surface area is 156 Å². The average Bonchev–Trinajstić information content (AvgIpc) is 2.96. The number of hydrogen-bond acceptors (Lipinski definition) is 4. The molecule has 1 aliphatic heterocycles. The Hall–Kier alpha value is -1.41. The minimum atomic E-state index is -3.56. The van der Waals surface area contributed by atoms with Gasteiger partial charge in [0.25, 0.3) is 0 Å². The highest BCUT2D eigenvalue weighted by atomic mass is 32.2. The standard InChI is InChI=1S/C18H30N4O3S/c1-12-6-4-5-7-16(12)19-18(23)15-8-10-22(11-9-15)26(24,25)17-13(2)20-21-14(17)3/h12,15-16H,4-11H2,1-3H3,(H,19,23)(H,20,21). The molecule has 1 saturated heterocycles. The van der Waals surface area contributed by atoms with Crippen LogP contribution in [0.1, 0.15) is 56.8 Å². The lowest BCUT2D eigenvalue weighted by Gasteiger charge is -2.34. The van der Waals surface area contributed by atoms with Crippen molar-refractivity contribution in [2.45, 2.75) is 70.2 Å². The third-order valence-electron chi connectivity index (χ3n) is 5.92. The summed E-state index contributed by atoms with van der Waals surface area (Å²) in [4.78, 5) is 12.9. The predicted octanol–water partition coefficient (Wildman–Crippen LogP) is 2.12. The molecule has 2 fully saturated rings. The summed E-state index contributed by atoms with van der Waals surface area (Å²) in [7, 11) is -3.56. The van der Waals surface area contributed by atoms with Crippen LogP contribution in [0, 0.1) is 25.7 Å². The first-order valence-corrected chi connectivity index (χ1v) is 11.1. The van der Waals surface area contributed by atoms with Crippen molar-refractivity contribution in [3.05, 3.63) is 11.4 Å². The topological polar surface area (TPSA) is 95.2 Å². The van der Waals surface area contributed by atoms with Gasteiger partial charge in [-0.2, -0.15) is 9.40 Å². The van der Waals surface area contributed by atoms with Crippen molar-refractivity contribution in [1.82, 2.24) is 19.8 Å². The fourth-order valence-corrected chi connectivity index (χ4v) is 6.04. The predicted molar refractivity (Wildman–Crippen MR) is 99.1 cm³/mol. The highest BCUT2D eigenvalue weighted by molar-refractivity contribution is 7.89. The zero-order valence-corrected chi connectivity index (χ0v) is 16.7. The second-order valence-corrected chi connectivity index (χ2v) is 9.69. The van der Waals surface area contributed by atoms with Crippen LogP contribution in [0.5, 0.6) is 0 Å². The van der Waals surface area contributed by atoms with Gasteiger partial charge in [0.15, 0.2) is 0 Å². The first-order valence-electron chi connectivity index (χ1n) is 9.62. The maximum absolute atomic E-state index is 12.9. The SMILES string of the molecule is Cc1n[nH]c(C)c1S(=O)(=O)N1CCC(C(=O)NC2CCCCC2C)CC1. The molecule has 2 unspecified atom stereocenters. The smallest absolute Gasteiger partial charge is 0.246 e. The molecule has 8 heteroatoms. The summed E-state index contributed by atoms with van der Waals surface area (Å²) in [5.41, 5.74) is 1.06. The summed E-state index contributed by atoms with van der Waals surface area (Å²) in [6.45, 7) is 6.38. The number of hydrogen-bond donors (Lipinski definition) is 2. The van der Waals surface area contributed by atoms with E-state index >= 15 is 0 Å². The number of piperidine rings is 1. The normalized spacial score (nSPS) is 26.0. The summed E-state index contributed by atoms with van der Waals surface area (Å²) in [6, 6.07) is 0.272. The van der Waals surface area contributed by atoms with Gasteiger partial charge < -0.3 is 5.32 Å². The summed E-state index contributed by atoms with van der Waals surface area (Å²) < 4.78 is 27.3. The molecule has 2 heterocycles. The van der Waals surface area contributed by atoms with Gasteiger partial charge in [-0.25, -0.2) is 8.42 Å². The molecule has 1 aliphatic carbocycles. The lowest BCUT2D eigenvalue weighted by atomic mass is 9.85. The Morgan fingerprint density at radius 2 is 1.81 bits per heavy atom. The summed E-state index contributed by atoms with van der Waals surface area (Å²) in [6.07, 6.45) is 5.79. The van der Waals surface area contributed by atoms with Crippen molar-refractivity contribution >= 4 is 15.9 Å². The number of amides is 1. The van der Waals surface area contributed by atoms with Crippen LogP contribution in [0.15, 0.2) is 4.90 Å². The maximum atomic E-state index is 12.9. The van der Waals surface area contributed by atoms with Crippen LogP contribution < -0.4 is 5.32 Å². The number of aromatic nitrogens is 2. The van der Waals surface area contributed by atoms with Crippen molar-refractivity contribution < 1.29 is 13.2 Å². The van der Waals surface area contributed by atoms with E-state index in [-0.39, 0.29) is 22.8 Å². The molecule has 146 valence electrons. The highest BCUT2D eigenvalue weighted by Crippen LogP contribution is 2.28. The Bertz CT molecular complexity index is 731. The van der Waals surface area contributed by atoms with Crippen LogP contribution in [0.25, 0.3) is 0 Å². The Balaban J connectivity index is 1.59. The van der Waals surface area contributed by atoms with Crippen LogP contribution in [-0.4, -0.2) is 48.0 Å². The van der Waals surface area contributed by atoms with Crippen molar-refractivity contribution in [2.75, 3.05) is 13.1 Å². The molecule has 2 N–H and O–H groups in total. The van der Waals surface area contributed by atoms with E-state index in [0.29, 0.717) is 43.2 Å². The molecule has 2 aliphatic rings. The van der Waals surface area contributed by atoms with Crippen molar-refractivity contribution in [3.8, 4) is 0 Å². The van der Waals surface area contributed by atoms with E-state index in [0.717, 1.165) is 6.42 Å². The zero-order valence-electron chi connectivity index (χ0n) is 15.9. The van der Waals surface area contributed by atoms with Crippen LogP contribution in [0.4, 0.5) is 0 Å². The van der Waals surface area contributed by atoms with E-state index in [1.54, 1.807) is 13.8 Å². The van der Waals surface area contributed by atoms with E-state index in [1.807, 2.05) is 0 Å². The molecular formula is C18H30N4O3S. The lowest BCUT2D eigenvalue weighted by molar-refractivity contribution is -0.127. The minimum absolute atomic E-state index is 0.0940. The minimum Gasteiger partial charge on any atom is -0.353 e. The van der Waals surface area contributed by atoms with Gasteiger partial charge >= 0.3 is 0 Å². The van der Waals surface area contributed by atoms with Crippen LogP contribution in [-0.2, 0) is 14.8 Å². The number of rotatable bonds is 4.